The van der Waals surface area contributed by atoms with Crippen molar-refractivity contribution in [3.8, 4) is 0 Å². The van der Waals surface area contributed by atoms with E-state index >= 15 is 0 Å². The zero-order chi connectivity index (χ0) is 12.7. The lowest BCUT2D eigenvalue weighted by molar-refractivity contribution is -0.403. The molecule has 0 aromatic heterocycles. The highest BCUT2D eigenvalue weighted by molar-refractivity contribution is 4.07. The molecule has 2 radical (unpaired) electrons. The van der Waals surface area contributed by atoms with Crippen LogP contribution in [-0.2, 0) is 0 Å². The van der Waals surface area contributed by atoms with Crippen molar-refractivity contribution in [3.63, 3.8) is 0 Å². The highest BCUT2D eigenvalue weighted by Crippen LogP contribution is 1.45. The number of hydrogen-bond acceptors (Lipinski definition) is 11. The van der Waals surface area contributed by atoms with Crippen LogP contribution in [0.15, 0.2) is 0 Å². The number of nitrogens with zero attached hydrogens (tertiary/aromatic N) is 4. The Balaban J connectivity index is -0.0000000298. The third kappa shape index (κ3) is 90.7. The number of rotatable bonds is 0. The van der Waals surface area contributed by atoms with Crippen molar-refractivity contribution in [3.05, 3.63) is 55.9 Å². The molecule has 0 aliphatic heterocycles. The summed E-state index contributed by atoms with van der Waals surface area (Å²) in [5.41, 5.74) is 0. The van der Waals surface area contributed by atoms with E-state index in [4.69, 9.17) is 55.9 Å². The highest BCUT2D eigenvalue weighted by Gasteiger charge is 3.00. The van der Waals surface area contributed by atoms with Gasteiger partial charge < -0.3 is 46.0 Å². The van der Waals surface area contributed by atoms with Crippen LogP contribution in [0, 0.1) is 55.9 Å². The average Bonchev–Trinajstić information content (AvgIpc) is 1.86. The third-order valence-electron chi connectivity index (χ3n) is 0. The zero-order valence-electron chi connectivity index (χ0n) is 6.28. The second-order valence-corrected chi connectivity index (χ2v) is 0.671. The van der Waals surface area contributed by atoms with Crippen LogP contribution in [-0.4, -0.2) is 15.3 Å². The van der Waals surface area contributed by atoms with E-state index in [1.165, 1.54) is 0 Å². The van der Waals surface area contributed by atoms with Gasteiger partial charge in [-0.05, 0) is 0 Å². The summed E-state index contributed by atoms with van der Waals surface area (Å²) in [6, 6.07) is 0. The molecule has 15 heteroatoms. The van der Waals surface area contributed by atoms with Crippen LogP contribution in [0.4, 0.5) is 0 Å². The fraction of sp³-hybridized carbons (Fsp3) is 0. The van der Waals surface area contributed by atoms with Crippen molar-refractivity contribution in [2.45, 2.75) is 0 Å². The fourth-order valence-electron chi connectivity index (χ4n) is 0. The van der Waals surface area contributed by atoms with E-state index in [-0.39, 0.29) is 6.15 Å². The molecule has 0 unspecified atom stereocenters. The monoisotopic (exact) mass is 232 g/mol. The van der Waals surface area contributed by atoms with Crippen molar-refractivity contribution in [2.24, 2.45) is 0 Å². The van der Waals surface area contributed by atoms with Crippen LogP contribution in [0.3, 0.4) is 0 Å². The van der Waals surface area contributed by atoms with Crippen LogP contribution < -0.4 is 6.15 Å². The largest absolute Gasteiger partial charge is 3.00 e. The second-order valence-electron chi connectivity index (χ2n) is 0.671. The van der Waals surface area contributed by atoms with Gasteiger partial charge in [0.1, 0.15) is 0 Å². The maximum absolute atomic E-state index is 8.25. The molecule has 0 aromatic carbocycles. The van der Waals surface area contributed by atoms with Gasteiger partial charge in [0.15, 0.2) is 0 Å². The van der Waals surface area contributed by atoms with Gasteiger partial charge >= 0.3 is 6.15 Å². The summed E-state index contributed by atoms with van der Waals surface area (Å²) in [6.07, 6.45) is 0. The fourth-order valence-corrected chi connectivity index (χ4v) is 0. The lowest BCUT2D eigenvalue weighted by Crippen LogP contribution is -1.74. The van der Waals surface area contributed by atoms with Crippen LogP contribution in [0.1, 0.15) is 0 Å². The zero-order valence-corrected chi connectivity index (χ0v) is 6.28. The Morgan fingerprint density at radius 3 is 0.533 bits per heavy atom. The number of hydrogen-bond donors (Lipinski definition) is 0. The second kappa shape index (κ2) is 30.7. The molecule has 0 saturated heterocycles. The van der Waals surface area contributed by atoms with Gasteiger partial charge in [0, 0.05) is 9.93 Å². The van der Waals surface area contributed by atoms with E-state index in [9.17, 15) is 0 Å². The van der Waals surface area contributed by atoms with E-state index in [0.29, 0.717) is 0 Å². The first-order chi connectivity index (χ1) is 6.20. The molecule has 0 rings (SSSR count). The van der Waals surface area contributed by atoms with Gasteiger partial charge in [-0.25, -0.2) is 0 Å². The van der Waals surface area contributed by atoms with E-state index in [2.05, 4.69) is 0 Å². The van der Waals surface area contributed by atoms with Crippen molar-refractivity contribution in [2.75, 3.05) is 0 Å². The van der Waals surface area contributed by atoms with Crippen molar-refractivity contribution in [1.82, 2.24) is 6.15 Å². The molecule has 15 heavy (non-hydrogen) atoms. The van der Waals surface area contributed by atoms with Crippen LogP contribution >= 0.6 is 0 Å². The Morgan fingerprint density at radius 2 is 0.533 bits per heavy atom. The van der Waals surface area contributed by atoms with E-state index in [1.54, 1.807) is 0 Å². The molecule has 0 aliphatic carbocycles. The van der Waals surface area contributed by atoms with Gasteiger partial charge in [-0.3, -0.25) is 0 Å². The molecule has 0 saturated carbocycles. The topological polar surface area (TPSA) is 263 Å². The van der Waals surface area contributed by atoms with Crippen molar-refractivity contribution < 1.29 is 15.3 Å². The summed E-state index contributed by atoms with van der Waals surface area (Å²) in [5.74, 6) is 0. The van der Waals surface area contributed by atoms with E-state index in [1.807, 2.05) is 0 Å². The molecule has 0 aliphatic rings. The molecule has 0 fully saturated rings. The van der Waals surface area contributed by atoms with Crippen LogP contribution in [0.5, 0.6) is 0 Å². The minimum Gasteiger partial charge on any atom is -0.356 e. The SMILES string of the molecule is O=O.O=[N+]([O-])[O-].O=[N+]([O-])[O-].O=[N+]([O-])[O-].[N+3]. The quantitative estimate of drug-likeness (QED) is 0.355. The maximum atomic E-state index is 8.25. The average molecular weight is 232 g/mol. The Bertz CT molecular complexity index is 121. The summed E-state index contributed by atoms with van der Waals surface area (Å²) in [4.78, 5) is 38.8. The Hall–Kier alpha value is -3.09. The summed E-state index contributed by atoms with van der Waals surface area (Å²) >= 11 is 0. The summed E-state index contributed by atoms with van der Waals surface area (Å²) < 4.78 is 0. The molecule has 0 heterocycles. The van der Waals surface area contributed by atoms with E-state index in [0.717, 1.165) is 0 Å². The van der Waals surface area contributed by atoms with Gasteiger partial charge in [-0.1, -0.05) is 0 Å². The summed E-state index contributed by atoms with van der Waals surface area (Å²) in [5, 5.41) is 44.2. The van der Waals surface area contributed by atoms with Gasteiger partial charge in [-0.2, -0.15) is 0 Å². The molecular formula is N4O11. The predicted octanol–water partition coefficient (Wildman–Crippen LogP) is -1.13. The Kier molecular flexibility index (Phi) is 60.7. The first-order valence-corrected chi connectivity index (χ1v) is 1.81. The molecule has 0 atom stereocenters. The minimum absolute atomic E-state index is 0. The lowest BCUT2D eigenvalue weighted by Gasteiger charge is -1.74. The molecule has 0 N–H and O–H groups in total. The smallest absolute Gasteiger partial charge is 0.356 e. The molecule has 0 amide bonds. The van der Waals surface area contributed by atoms with Gasteiger partial charge in [0.05, 0.1) is 15.3 Å². The molecule has 86 valence electrons. The van der Waals surface area contributed by atoms with Gasteiger partial charge in [0.2, 0.25) is 0 Å². The minimum atomic E-state index is -1.75. The Morgan fingerprint density at radius 1 is 0.533 bits per heavy atom. The highest BCUT2D eigenvalue weighted by atomic mass is 16.9. The van der Waals surface area contributed by atoms with Crippen LogP contribution in [0.2, 0.25) is 0 Å². The first-order valence-electron chi connectivity index (χ1n) is 1.81. The standard InChI is InChI=1S/3NO3.N.O2/c3*2-1(3)4;;1-2/q3*-1;+3;. The van der Waals surface area contributed by atoms with E-state index < -0.39 is 15.3 Å². The molecule has 0 bridgehead atoms. The maximum Gasteiger partial charge on any atom is 3.00 e. The molecule has 0 aromatic rings. The Labute approximate surface area is 78.7 Å². The predicted molar refractivity (Wildman–Crippen MR) is 40.0 cm³/mol. The molecule has 15 nitrogen and oxygen atoms in total. The normalized spacial score (nSPS) is 5.07. The third-order valence-corrected chi connectivity index (χ3v) is 0. The summed E-state index contributed by atoms with van der Waals surface area (Å²) in [7, 11) is 0. The van der Waals surface area contributed by atoms with Crippen molar-refractivity contribution >= 4 is 0 Å². The first kappa shape index (κ1) is 29.7. The lowest BCUT2D eigenvalue weighted by atomic mass is 13.1. The molecule has 0 spiro atoms. The van der Waals surface area contributed by atoms with Crippen molar-refractivity contribution in [1.29, 1.82) is 0 Å². The summed E-state index contributed by atoms with van der Waals surface area (Å²) in [6.45, 7) is 0. The van der Waals surface area contributed by atoms with Gasteiger partial charge in [-0.15, -0.1) is 0 Å². The molecular weight excluding hydrogens is 232 g/mol. The van der Waals surface area contributed by atoms with Crippen LogP contribution in [0.25, 0.3) is 0 Å². The van der Waals surface area contributed by atoms with Gasteiger partial charge in [0.25, 0.3) is 0 Å².